The highest BCUT2D eigenvalue weighted by atomic mass is 16.5. The zero-order valence-corrected chi connectivity index (χ0v) is 10.4. The van der Waals surface area contributed by atoms with Gasteiger partial charge in [-0.05, 0) is 6.07 Å². The van der Waals surface area contributed by atoms with Gasteiger partial charge in [0.15, 0.2) is 18.5 Å². The van der Waals surface area contributed by atoms with Crippen LogP contribution in [0.1, 0.15) is 11.7 Å². The minimum atomic E-state index is -0.512. The molecule has 0 saturated carbocycles. The number of amides is 1. The van der Waals surface area contributed by atoms with Crippen LogP contribution in [0, 0.1) is 0 Å². The van der Waals surface area contributed by atoms with Gasteiger partial charge in [0.05, 0.1) is 13.2 Å². The zero-order chi connectivity index (χ0) is 13.1. The molecule has 0 aliphatic carbocycles. The van der Waals surface area contributed by atoms with E-state index in [9.17, 15) is 4.79 Å². The topological polar surface area (TPSA) is 64.0 Å². The molecule has 0 N–H and O–H groups in total. The first kappa shape index (κ1) is 12.1. The van der Waals surface area contributed by atoms with Gasteiger partial charge in [0.25, 0.3) is 5.91 Å². The highest BCUT2D eigenvalue weighted by Gasteiger charge is 2.37. The number of ether oxygens (including phenoxy) is 2. The number of hydrogen-bond acceptors (Lipinski definition) is 5. The van der Waals surface area contributed by atoms with Gasteiger partial charge in [0, 0.05) is 31.0 Å². The van der Waals surface area contributed by atoms with Crippen LogP contribution in [0.5, 0.6) is 0 Å². The number of aromatic nitrogens is 1. The Hall–Kier alpha value is -1.95. The summed E-state index contributed by atoms with van der Waals surface area (Å²) < 4.78 is 10.7. The number of nitrogens with zero attached hydrogens (tertiary/aromatic N) is 3. The lowest BCUT2D eigenvalue weighted by Crippen LogP contribution is -2.46. The van der Waals surface area contributed by atoms with Gasteiger partial charge in [0.1, 0.15) is 0 Å². The first-order valence-corrected chi connectivity index (χ1v) is 6.30. The Balaban J connectivity index is 1.75. The quantitative estimate of drug-likeness (QED) is 0.773. The van der Waals surface area contributed by atoms with Crippen molar-refractivity contribution in [3.8, 4) is 0 Å². The number of rotatable bonds is 2. The van der Waals surface area contributed by atoms with Crippen molar-refractivity contribution in [1.82, 2.24) is 9.88 Å². The number of aliphatic imine (C=N–C) groups is 1. The smallest absolute Gasteiger partial charge is 0.251 e. The average Bonchev–Trinajstić information content (AvgIpc) is 2.98. The molecule has 2 aliphatic rings. The van der Waals surface area contributed by atoms with Crippen molar-refractivity contribution in [2.24, 2.45) is 4.99 Å². The Morgan fingerprint density at radius 2 is 2.21 bits per heavy atom. The van der Waals surface area contributed by atoms with Gasteiger partial charge in [-0.25, -0.2) is 4.99 Å². The summed E-state index contributed by atoms with van der Waals surface area (Å²) in [6.45, 7) is 2.40. The molecule has 3 rings (SSSR count). The number of hydrogen-bond donors (Lipinski definition) is 0. The predicted molar refractivity (Wildman–Crippen MR) is 67.7 cm³/mol. The third kappa shape index (κ3) is 2.44. The van der Waals surface area contributed by atoms with Crippen LogP contribution in [-0.2, 0) is 14.3 Å². The molecule has 1 unspecified atom stereocenters. The molecule has 19 heavy (non-hydrogen) atoms. The van der Waals surface area contributed by atoms with Crippen LogP contribution in [0.25, 0.3) is 0 Å². The minimum Gasteiger partial charge on any atom is -0.473 e. The molecule has 6 heteroatoms. The minimum absolute atomic E-state index is 0.00842. The second kappa shape index (κ2) is 5.36. The highest BCUT2D eigenvalue weighted by molar-refractivity contribution is 5.85. The zero-order valence-electron chi connectivity index (χ0n) is 10.4. The molecular weight excluding hydrogens is 246 g/mol. The third-order valence-electron chi connectivity index (χ3n) is 3.30. The second-order valence-corrected chi connectivity index (χ2v) is 4.48. The van der Waals surface area contributed by atoms with E-state index in [4.69, 9.17) is 9.47 Å². The Labute approximate surface area is 111 Å². The van der Waals surface area contributed by atoms with Crippen molar-refractivity contribution in [2.45, 2.75) is 12.1 Å². The number of morpholine rings is 1. The summed E-state index contributed by atoms with van der Waals surface area (Å²) >= 11 is 0. The lowest BCUT2D eigenvalue weighted by molar-refractivity contribution is -0.138. The lowest BCUT2D eigenvalue weighted by atomic mass is 10.0. The molecule has 1 fully saturated rings. The van der Waals surface area contributed by atoms with Crippen molar-refractivity contribution in [3.05, 3.63) is 30.1 Å². The van der Waals surface area contributed by atoms with Gasteiger partial charge >= 0.3 is 0 Å². The van der Waals surface area contributed by atoms with E-state index in [-0.39, 0.29) is 12.0 Å². The molecule has 0 spiro atoms. The van der Waals surface area contributed by atoms with Crippen LogP contribution in [0.4, 0.5) is 0 Å². The number of carbonyl (C=O) groups is 1. The fourth-order valence-electron chi connectivity index (χ4n) is 2.29. The van der Waals surface area contributed by atoms with E-state index in [0.717, 1.165) is 5.56 Å². The van der Waals surface area contributed by atoms with Crippen molar-refractivity contribution in [3.63, 3.8) is 0 Å². The molecule has 6 nitrogen and oxygen atoms in total. The summed E-state index contributed by atoms with van der Waals surface area (Å²) in [5, 5.41) is 0. The summed E-state index contributed by atoms with van der Waals surface area (Å²) in [6.07, 6.45) is 4.39. The Morgan fingerprint density at radius 1 is 1.37 bits per heavy atom. The maximum Gasteiger partial charge on any atom is 0.251 e. The van der Waals surface area contributed by atoms with E-state index in [1.165, 1.54) is 6.40 Å². The summed E-state index contributed by atoms with van der Waals surface area (Å²) in [5.41, 5.74) is 0.867. The van der Waals surface area contributed by atoms with E-state index in [0.29, 0.717) is 26.3 Å². The maximum atomic E-state index is 12.4. The van der Waals surface area contributed by atoms with Crippen molar-refractivity contribution < 1.29 is 14.3 Å². The SMILES string of the molecule is O=C(C1N=CO[C@@H]1c1cccnc1)N1CCOCC1. The van der Waals surface area contributed by atoms with Crippen LogP contribution in [0.3, 0.4) is 0 Å². The first-order chi connectivity index (χ1) is 9.36. The van der Waals surface area contributed by atoms with E-state index in [1.54, 1.807) is 17.3 Å². The highest BCUT2D eigenvalue weighted by Crippen LogP contribution is 2.27. The summed E-state index contributed by atoms with van der Waals surface area (Å²) in [5.74, 6) is -0.00842. The van der Waals surface area contributed by atoms with Gasteiger partial charge in [-0.1, -0.05) is 6.07 Å². The van der Waals surface area contributed by atoms with Gasteiger partial charge in [-0.15, -0.1) is 0 Å². The summed E-state index contributed by atoms with van der Waals surface area (Å²) in [6, 6.07) is 3.21. The Bertz CT molecular complexity index is 471. The van der Waals surface area contributed by atoms with Crippen LogP contribution in [-0.4, -0.2) is 54.5 Å². The normalized spacial score (nSPS) is 26.2. The second-order valence-electron chi connectivity index (χ2n) is 4.48. The van der Waals surface area contributed by atoms with Gasteiger partial charge in [-0.2, -0.15) is 0 Å². The maximum absolute atomic E-state index is 12.4. The largest absolute Gasteiger partial charge is 0.473 e. The van der Waals surface area contributed by atoms with Crippen molar-refractivity contribution in [2.75, 3.05) is 26.3 Å². The first-order valence-electron chi connectivity index (χ1n) is 6.30. The van der Waals surface area contributed by atoms with Gasteiger partial charge in [-0.3, -0.25) is 9.78 Å². The van der Waals surface area contributed by atoms with Crippen LogP contribution in [0.2, 0.25) is 0 Å². The molecule has 2 aliphatic heterocycles. The molecular formula is C13H15N3O3. The number of carbonyl (C=O) groups excluding carboxylic acids is 1. The van der Waals surface area contributed by atoms with Crippen LogP contribution < -0.4 is 0 Å². The number of pyridine rings is 1. The molecule has 0 bridgehead atoms. The molecule has 0 radical (unpaired) electrons. The van der Waals surface area contributed by atoms with E-state index in [2.05, 4.69) is 9.98 Å². The van der Waals surface area contributed by atoms with Gasteiger partial charge in [0.2, 0.25) is 0 Å². The standard InChI is InChI=1S/C13H15N3O3/c17-13(16-4-6-18-7-5-16)11-12(19-9-15-11)10-2-1-3-14-8-10/h1-3,8-9,11-12H,4-7H2/t11?,12-/m1/s1. The fourth-order valence-corrected chi connectivity index (χ4v) is 2.29. The molecule has 1 aromatic rings. The summed E-state index contributed by atoms with van der Waals surface area (Å²) in [4.78, 5) is 22.4. The van der Waals surface area contributed by atoms with Crippen molar-refractivity contribution in [1.29, 1.82) is 0 Å². The average molecular weight is 261 g/mol. The molecule has 1 saturated heterocycles. The molecule has 1 amide bonds. The summed E-state index contributed by atoms with van der Waals surface area (Å²) in [7, 11) is 0. The van der Waals surface area contributed by atoms with E-state index >= 15 is 0 Å². The van der Waals surface area contributed by atoms with Crippen LogP contribution in [0.15, 0.2) is 29.5 Å². The monoisotopic (exact) mass is 261 g/mol. The van der Waals surface area contributed by atoms with Crippen LogP contribution >= 0.6 is 0 Å². The lowest BCUT2D eigenvalue weighted by Gasteiger charge is -2.29. The Morgan fingerprint density at radius 3 is 2.95 bits per heavy atom. The van der Waals surface area contributed by atoms with E-state index < -0.39 is 6.04 Å². The van der Waals surface area contributed by atoms with Gasteiger partial charge < -0.3 is 14.4 Å². The molecule has 0 aromatic carbocycles. The Kier molecular flexibility index (Phi) is 3.41. The predicted octanol–water partition coefficient (Wildman–Crippen LogP) is 0.409. The van der Waals surface area contributed by atoms with Crippen molar-refractivity contribution >= 4 is 12.3 Å². The molecule has 100 valence electrons. The molecule has 3 heterocycles. The fraction of sp³-hybridized carbons (Fsp3) is 0.462. The third-order valence-corrected chi connectivity index (χ3v) is 3.30. The molecule has 2 atom stereocenters. The van der Waals surface area contributed by atoms with E-state index in [1.807, 2.05) is 12.1 Å². The molecule has 1 aromatic heterocycles.